The molecule has 0 aliphatic carbocycles. The lowest BCUT2D eigenvalue weighted by Crippen LogP contribution is -2.27. The van der Waals surface area contributed by atoms with Crippen LogP contribution in [0.15, 0.2) is 30.3 Å². The maximum absolute atomic E-state index is 5.61. The van der Waals surface area contributed by atoms with Gasteiger partial charge >= 0.3 is 0 Å². The molecule has 2 heteroatoms. The minimum absolute atomic E-state index is 0.688. The minimum Gasteiger partial charge on any atom is -0.376 e. The van der Waals surface area contributed by atoms with Gasteiger partial charge in [0.25, 0.3) is 0 Å². The minimum atomic E-state index is -1.32. The lowest BCUT2D eigenvalue weighted by Gasteiger charge is -2.19. The second-order valence-electron chi connectivity index (χ2n) is 5.47. The van der Waals surface area contributed by atoms with E-state index < -0.39 is 8.07 Å². The molecule has 0 heterocycles. The number of ether oxygens (including phenoxy) is 1. The van der Waals surface area contributed by atoms with Crippen molar-refractivity contribution in [2.45, 2.75) is 45.5 Å². The van der Waals surface area contributed by atoms with Gasteiger partial charge in [-0.1, -0.05) is 57.3 Å². The highest BCUT2D eigenvalue weighted by Crippen LogP contribution is 2.18. The van der Waals surface area contributed by atoms with Crippen LogP contribution in [-0.4, -0.2) is 14.7 Å². The molecule has 0 radical (unpaired) electrons. The van der Waals surface area contributed by atoms with Crippen molar-refractivity contribution in [3.05, 3.63) is 35.9 Å². The Bertz CT molecular complexity index is 398. The molecule has 0 aromatic heterocycles. The Labute approximate surface area is 113 Å². The zero-order chi connectivity index (χ0) is 13.4. The molecular formula is C16H24OSi. The first-order chi connectivity index (χ1) is 8.52. The van der Waals surface area contributed by atoms with Crippen LogP contribution in [0.3, 0.4) is 0 Å². The van der Waals surface area contributed by atoms with Gasteiger partial charge in [0.1, 0.15) is 8.07 Å². The number of hydrogen-bond donors (Lipinski definition) is 0. The van der Waals surface area contributed by atoms with Gasteiger partial charge in [0.05, 0.1) is 13.2 Å². The van der Waals surface area contributed by atoms with Crippen LogP contribution in [0.4, 0.5) is 0 Å². The molecular weight excluding hydrogens is 236 g/mol. The average Bonchev–Trinajstić information content (AvgIpc) is 2.34. The lowest BCUT2D eigenvalue weighted by molar-refractivity contribution is 0.126. The van der Waals surface area contributed by atoms with E-state index in [4.69, 9.17) is 4.74 Å². The molecule has 0 aliphatic rings. The van der Waals surface area contributed by atoms with Crippen molar-refractivity contribution in [1.82, 2.24) is 0 Å². The van der Waals surface area contributed by atoms with Crippen LogP contribution >= 0.6 is 0 Å². The van der Waals surface area contributed by atoms with Gasteiger partial charge in [0.15, 0.2) is 0 Å². The predicted molar refractivity (Wildman–Crippen MR) is 81.1 cm³/mol. The van der Waals surface area contributed by atoms with Gasteiger partial charge < -0.3 is 4.74 Å². The first kappa shape index (κ1) is 15.0. The quantitative estimate of drug-likeness (QED) is 0.437. The molecule has 1 nitrogen and oxygen atoms in total. The van der Waals surface area contributed by atoms with E-state index in [0.717, 1.165) is 18.6 Å². The van der Waals surface area contributed by atoms with Crippen molar-refractivity contribution in [3.63, 3.8) is 0 Å². The highest BCUT2D eigenvalue weighted by atomic mass is 28.3. The van der Waals surface area contributed by atoms with E-state index in [1.807, 2.05) is 18.2 Å². The molecule has 0 unspecified atom stereocenters. The largest absolute Gasteiger partial charge is 0.376 e. The van der Waals surface area contributed by atoms with Crippen LogP contribution < -0.4 is 0 Å². The van der Waals surface area contributed by atoms with E-state index in [0.29, 0.717) is 6.61 Å². The molecule has 0 saturated carbocycles. The molecule has 0 amide bonds. The summed E-state index contributed by atoms with van der Waals surface area (Å²) in [7, 11) is -1.32. The summed E-state index contributed by atoms with van der Waals surface area (Å²) in [5, 5.41) is 0. The molecule has 98 valence electrons. The summed E-state index contributed by atoms with van der Waals surface area (Å²) in [6.07, 6.45) is 0.843. The summed E-state index contributed by atoms with van der Waals surface area (Å²) in [6, 6.07) is 10.3. The summed E-state index contributed by atoms with van der Waals surface area (Å²) in [5.74, 6) is 3.28. The Morgan fingerprint density at radius 1 is 1.17 bits per heavy atom. The van der Waals surface area contributed by atoms with E-state index in [9.17, 15) is 0 Å². The molecule has 1 aromatic carbocycles. The van der Waals surface area contributed by atoms with E-state index in [2.05, 4.69) is 50.5 Å². The highest BCUT2D eigenvalue weighted by molar-refractivity contribution is 6.86. The fourth-order valence-electron chi connectivity index (χ4n) is 1.32. The highest BCUT2D eigenvalue weighted by Gasteiger charge is 2.22. The fraction of sp³-hybridized carbons (Fsp3) is 0.500. The lowest BCUT2D eigenvalue weighted by atomic mass is 10.2. The summed E-state index contributed by atoms with van der Waals surface area (Å²) >= 11 is 0. The molecule has 0 saturated heterocycles. The third kappa shape index (κ3) is 5.53. The van der Waals surface area contributed by atoms with Gasteiger partial charge in [-0.3, -0.25) is 0 Å². The normalized spacial score (nSPS) is 11.2. The van der Waals surface area contributed by atoms with Crippen molar-refractivity contribution < 1.29 is 4.74 Å². The summed E-state index contributed by atoms with van der Waals surface area (Å²) in [6.45, 7) is 10.6. The van der Waals surface area contributed by atoms with Crippen molar-refractivity contribution >= 4 is 8.07 Å². The van der Waals surface area contributed by atoms with Crippen LogP contribution in [0.1, 0.15) is 25.8 Å². The third-order valence-corrected chi connectivity index (χ3v) is 7.04. The van der Waals surface area contributed by atoms with E-state index >= 15 is 0 Å². The number of hydrogen-bond acceptors (Lipinski definition) is 1. The molecule has 0 bridgehead atoms. The van der Waals surface area contributed by atoms with Gasteiger partial charge in [-0.05, 0) is 11.1 Å². The molecule has 0 fully saturated rings. The van der Waals surface area contributed by atoms with Crippen LogP contribution in [-0.2, 0) is 11.3 Å². The van der Waals surface area contributed by atoms with Crippen LogP contribution in [0.25, 0.3) is 0 Å². The smallest absolute Gasteiger partial charge is 0.134 e. The summed E-state index contributed by atoms with van der Waals surface area (Å²) < 4.78 is 5.61. The first-order valence-electron chi connectivity index (χ1n) is 6.64. The van der Waals surface area contributed by atoms with E-state index in [1.54, 1.807) is 0 Å². The molecule has 0 atom stereocenters. The average molecular weight is 260 g/mol. The van der Waals surface area contributed by atoms with Gasteiger partial charge in [-0.25, -0.2) is 0 Å². The molecule has 0 spiro atoms. The zero-order valence-electron chi connectivity index (χ0n) is 12.0. The van der Waals surface area contributed by atoms with Crippen molar-refractivity contribution in [1.29, 1.82) is 0 Å². The Morgan fingerprint density at radius 2 is 1.83 bits per heavy atom. The zero-order valence-corrected chi connectivity index (χ0v) is 13.0. The Morgan fingerprint density at radius 3 is 2.44 bits per heavy atom. The maximum atomic E-state index is 5.61. The molecule has 1 rings (SSSR count). The Kier molecular flexibility index (Phi) is 6.18. The van der Waals surface area contributed by atoms with E-state index in [-0.39, 0.29) is 0 Å². The van der Waals surface area contributed by atoms with Gasteiger partial charge in [0, 0.05) is 6.42 Å². The Balaban J connectivity index is 2.22. The van der Waals surface area contributed by atoms with Gasteiger partial charge in [-0.15, -0.1) is 11.5 Å². The van der Waals surface area contributed by atoms with Crippen LogP contribution in [0.5, 0.6) is 0 Å². The summed E-state index contributed by atoms with van der Waals surface area (Å²) in [4.78, 5) is 0. The number of benzene rings is 1. The first-order valence-corrected chi connectivity index (χ1v) is 9.72. The van der Waals surface area contributed by atoms with Crippen molar-refractivity contribution in [3.8, 4) is 11.5 Å². The standard InChI is InChI=1S/C16H24OSi/c1-15(2)18(3,4)13-9-8-12-17-14-16-10-6-5-7-11-16/h5-7,10-11,15H,8,12,14H2,1-4H3. The second kappa shape index (κ2) is 7.40. The Hall–Kier alpha value is -1.04. The molecule has 0 aliphatic heterocycles. The molecule has 0 N–H and O–H groups in total. The molecule has 18 heavy (non-hydrogen) atoms. The SMILES string of the molecule is CC(C)[Si](C)(C)C#CCCOCc1ccccc1. The van der Waals surface area contributed by atoms with Crippen LogP contribution in [0, 0.1) is 11.5 Å². The maximum Gasteiger partial charge on any atom is 0.134 e. The number of rotatable bonds is 5. The van der Waals surface area contributed by atoms with Crippen molar-refractivity contribution in [2.24, 2.45) is 0 Å². The molecule has 1 aromatic rings. The fourth-order valence-corrected chi connectivity index (χ4v) is 2.19. The third-order valence-electron chi connectivity index (χ3n) is 3.34. The van der Waals surface area contributed by atoms with Gasteiger partial charge in [0.2, 0.25) is 0 Å². The van der Waals surface area contributed by atoms with Crippen LogP contribution in [0.2, 0.25) is 18.6 Å². The topological polar surface area (TPSA) is 9.23 Å². The predicted octanol–water partition coefficient (Wildman–Crippen LogP) is 4.25. The van der Waals surface area contributed by atoms with Gasteiger partial charge in [-0.2, -0.15) is 0 Å². The van der Waals surface area contributed by atoms with Crippen molar-refractivity contribution in [2.75, 3.05) is 6.61 Å². The monoisotopic (exact) mass is 260 g/mol. The second-order valence-corrected chi connectivity index (χ2v) is 10.3. The summed E-state index contributed by atoms with van der Waals surface area (Å²) in [5.41, 5.74) is 5.41. The van der Waals surface area contributed by atoms with E-state index in [1.165, 1.54) is 5.56 Å².